The lowest BCUT2D eigenvalue weighted by molar-refractivity contribution is 0.289. The van der Waals surface area contributed by atoms with Gasteiger partial charge in [-0.2, -0.15) is 0 Å². The van der Waals surface area contributed by atoms with Crippen LogP contribution in [0.25, 0.3) is 11.0 Å². The van der Waals surface area contributed by atoms with Crippen LogP contribution in [-0.2, 0) is 19.4 Å². The molecule has 1 aromatic heterocycles. The van der Waals surface area contributed by atoms with Crippen LogP contribution in [0.1, 0.15) is 23.1 Å². The molecule has 1 aliphatic heterocycles. The van der Waals surface area contributed by atoms with Gasteiger partial charge < -0.3 is 14.1 Å². The molecule has 6 heteroatoms. The standard InChI is InChI=1S/C20H15Cl2NO3/c21-11-4-6-12(7-5-11)23-9-16-18-15(8-17(22)19(16)25-10-23)13-2-1-3-14(13)20(24)26-18/h4-8H,1-3,9-10H2. The van der Waals surface area contributed by atoms with Crippen molar-refractivity contribution in [3.63, 3.8) is 0 Å². The van der Waals surface area contributed by atoms with Gasteiger partial charge in [0.15, 0.2) is 6.73 Å². The maximum Gasteiger partial charge on any atom is 0.339 e. The van der Waals surface area contributed by atoms with Crippen molar-refractivity contribution in [1.29, 1.82) is 0 Å². The Bertz CT molecular complexity index is 1090. The Balaban J connectivity index is 1.68. The first-order chi connectivity index (χ1) is 12.6. The molecule has 1 aliphatic carbocycles. The Kier molecular flexibility index (Phi) is 3.66. The summed E-state index contributed by atoms with van der Waals surface area (Å²) in [6.45, 7) is 0.921. The molecule has 2 aliphatic rings. The number of aryl methyl sites for hydroxylation is 1. The first-order valence-corrected chi connectivity index (χ1v) is 9.30. The van der Waals surface area contributed by atoms with Crippen LogP contribution in [-0.4, -0.2) is 6.73 Å². The molecule has 0 saturated carbocycles. The lowest BCUT2D eigenvalue weighted by Gasteiger charge is -2.31. The maximum absolute atomic E-state index is 12.4. The number of halogens is 2. The van der Waals surface area contributed by atoms with E-state index in [-0.39, 0.29) is 5.63 Å². The topological polar surface area (TPSA) is 42.7 Å². The zero-order valence-corrected chi connectivity index (χ0v) is 15.4. The second-order valence-corrected chi connectivity index (χ2v) is 7.53. The molecule has 0 saturated heterocycles. The fourth-order valence-electron chi connectivity index (χ4n) is 3.93. The van der Waals surface area contributed by atoms with E-state index in [4.69, 9.17) is 32.4 Å². The van der Waals surface area contributed by atoms with Crippen molar-refractivity contribution in [2.24, 2.45) is 0 Å². The molecule has 0 radical (unpaired) electrons. The van der Waals surface area contributed by atoms with Gasteiger partial charge in [-0.05, 0) is 55.2 Å². The Labute approximate surface area is 159 Å². The summed E-state index contributed by atoms with van der Waals surface area (Å²) in [6, 6.07) is 9.44. The number of hydrogen-bond acceptors (Lipinski definition) is 4. The van der Waals surface area contributed by atoms with E-state index in [2.05, 4.69) is 4.90 Å². The fourth-order valence-corrected chi connectivity index (χ4v) is 4.33. The Morgan fingerprint density at radius 2 is 1.77 bits per heavy atom. The van der Waals surface area contributed by atoms with Gasteiger partial charge in [-0.1, -0.05) is 23.2 Å². The summed E-state index contributed by atoms with van der Waals surface area (Å²) >= 11 is 12.5. The highest BCUT2D eigenvalue weighted by Crippen LogP contribution is 2.41. The van der Waals surface area contributed by atoms with Crippen LogP contribution in [0.3, 0.4) is 0 Å². The molecule has 5 rings (SSSR count). The van der Waals surface area contributed by atoms with Crippen molar-refractivity contribution in [3.8, 4) is 5.75 Å². The second kappa shape index (κ2) is 5.93. The number of nitrogens with zero attached hydrogens (tertiary/aromatic N) is 1. The minimum atomic E-state index is -0.238. The molecule has 0 amide bonds. The molecule has 0 N–H and O–H groups in total. The summed E-state index contributed by atoms with van der Waals surface area (Å²) in [7, 11) is 0. The average Bonchev–Trinajstić information content (AvgIpc) is 3.14. The number of hydrogen-bond donors (Lipinski definition) is 0. The fraction of sp³-hybridized carbons (Fsp3) is 0.250. The van der Waals surface area contributed by atoms with Gasteiger partial charge >= 0.3 is 5.63 Å². The molecule has 2 heterocycles. The number of anilines is 1. The van der Waals surface area contributed by atoms with Crippen LogP contribution in [0, 0.1) is 0 Å². The summed E-state index contributed by atoms with van der Waals surface area (Å²) in [6.07, 6.45) is 2.63. The summed E-state index contributed by atoms with van der Waals surface area (Å²) < 4.78 is 11.6. The quantitative estimate of drug-likeness (QED) is 0.554. The molecule has 0 bridgehead atoms. The third-order valence-electron chi connectivity index (χ3n) is 5.17. The maximum atomic E-state index is 12.4. The van der Waals surface area contributed by atoms with Gasteiger partial charge in [0.1, 0.15) is 11.3 Å². The first kappa shape index (κ1) is 16.0. The molecule has 0 atom stereocenters. The molecular formula is C20H15Cl2NO3. The predicted octanol–water partition coefficient (Wildman–Crippen LogP) is 4.95. The minimum absolute atomic E-state index is 0.238. The third kappa shape index (κ3) is 2.40. The lowest BCUT2D eigenvalue weighted by Crippen LogP contribution is -2.32. The molecule has 4 nitrogen and oxygen atoms in total. The van der Waals surface area contributed by atoms with Crippen molar-refractivity contribution >= 4 is 39.9 Å². The highest BCUT2D eigenvalue weighted by Gasteiger charge is 2.28. The van der Waals surface area contributed by atoms with Gasteiger partial charge in [0.05, 0.1) is 17.1 Å². The molecule has 26 heavy (non-hydrogen) atoms. The van der Waals surface area contributed by atoms with Gasteiger partial charge in [0.2, 0.25) is 0 Å². The van der Waals surface area contributed by atoms with Crippen LogP contribution in [0.15, 0.2) is 39.5 Å². The number of fused-ring (bicyclic) bond motifs is 5. The van der Waals surface area contributed by atoms with Gasteiger partial charge in [-0.3, -0.25) is 0 Å². The zero-order valence-electron chi connectivity index (χ0n) is 13.9. The van der Waals surface area contributed by atoms with E-state index >= 15 is 0 Å². The van der Waals surface area contributed by atoms with Crippen LogP contribution in [0.5, 0.6) is 5.75 Å². The van der Waals surface area contributed by atoms with Gasteiger partial charge in [-0.25, -0.2) is 4.79 Å². The highest BCUT2D eigenvalue weighted by molar-refractivity contribution is 6.33. The van der Waals surface area contributed by atoms with E-state index in [1.807, 2.05) is 30.3 Å². The normalized spacial score (nSPS) is 15.7. The van der Waals surface area contributed by atoms with Gasteiger partial charge in [0.25, 0.3) is 0 Å². The van der Waals surface area contributed by atoms with Gasteiger partial charge in [0, 0.05) is 21.7 Å². The second-order valence-electron chi connectivity index (χ2n) is 6.69. The van der Waals surface area contributed by atoms with E-state index in [1.165, 1.54) is 0 Å². The average molecular weight is 388 g/mol. The number of rotatable bonds is 1. The van der Waals surface area contributed by atoms with Crippen LogP contribution in [0.4, 0.5) is 5.69 Å². The van der Waals surface area contributed by atoms with Crippen LogP contribution < -0.4 is 15.3 Å². The van der Waals surface area contributed by atoms with Crippen molar-refractivity contribution < 1.29 is 9.15 Å². The molecule has 0 spiro atoms. The SMILES string of the molecule is O=c1oc2c3c(c(Cl)cc2c2c1CCC2)OCN(c1ccc(Cl)cc1)C3. The van der Waals surface area contributed by atoms with Crippen molar-refractivity contribution in [3.05, 3.63) is 67.5 Å². The molecule has 3 aromatic rings. The summed E-state index contributed by atoms with van der Waals surface area (Å²) in [5.41, 5.74) is 4.02. The monoisotopic (exact) mass is 387 g/mol. The molecule has 0 unspecified atom stereocenters. The van der Waals surface area contributed by atoms with E-state index in [9.17, 15) is 4.79 Å². The Morgan fingerprint density at radius 3 is 2.58 bits per heavy atom. The Morgan fingerprint density at radius 1 is 1.00 bits per heavy atom. The number of benzene rings is 2. The summed E-state index contributed by atoms with van der Waals surface area (Å²) in [5.74, 6) is 0.602. The van der Waals surface area contributed by atoms with E-state index in [1.54, 1.807) is 0 Å². The lowest BCUT2D eigenvalue weighted by atomic mass is 10.0. The van der Waals surface area contributed by atoms with Crippen molar-refractivity contribution in [1.82, 2.24) is 0 Å². The Hall–Kier alpha value is -2.17. The zero-order chi connectivity index (χ0) is 17.8. The van der Waals surface area contributed by atoms with Crippen molar-refractivity contribution in [2.75, 3.05) is 11.6 Å². The largest absolute Gasteiger partial charge is 0.471 e. The van der Waals surface area contributed by atoms with E-state index in [0.717, 1.165) is 47.0 Å². The molecular weight excluding hydrogens is 373 g/mol. The van der Waals surface area contributed by atoms with Crippen molar-refractivity contribution in [2.45, 2.75) is 25.8 Å². The molecule has 132 valence electrons. The smallest absolute Gasteiger partial charge is 0.339 e. The highest BCUT2D eigenvalue weighted by atomic mass is 35.5. The summed E-state index contributed by atoms with van der Waals surface area (Å²) in [5, 5.41) is 2.18. The minimum Gasteiger partial charge on any atom is -0.471 e. The van der Waals surface area contributed by atoms with Crippen LogP contribution in [0.2, 0.25) is 10.0 Å². The molecule has 2 aromatic carbocycles. The van der Waals surface area contributed by atoms with Gasteiger partial charge in [-0.15, -0.1) is 0 Å². The summed E-state index contributed by atoms with van der Waals surface area (Å²) in [4.78, 5) is 14.5. The predicted molar refractivity (Wildman–Crippen MR) is 103 cm³/mol. The number of ether oxygens (including phenoxy) is 1. The first-order valence-electron chi connectivity index (χ1n) is 8.55. The molecule has 0 fully saturated rings. The van der Waals surface area contributed by atoms with E-state index in [0.29, 0.717) is 34.7 Å². The van der Waals surface area contributed by atoms with E-state index < -0.39 is 0 Å². The van der Waals surface area contributed by atoms with Crippen LogP contribution >= 0.6 is 23.2 Å². The third-order valence-corrected chi connectivity index (χ3v) is 5.70.